The van der Waals surface area contributed by atoms with Crippen molar-refractivity contribution in [2.24, 2.45) is 0 Å². The Kier molecular flexibility index (Phi) is 5.69. The van der Waals surface area contributed by atoms with Gasteiger partial charge in [-0.25, -0.2) is 0 Å². The number of nitrogens with one attached hydrogen (secondary N) is 1. The molecule has 20 heavy (non-hydrogen) atoms. The third-order valence-electron chi connectivity index (χ3n) is 2.42. The van der Waals surface area contributed by atoms with Crippen LogP contribution in [0, 0.1) is 0 Å². The van der Waals surface area contributed by atoms with Gasteiger partial charge in [0.15, 0.2) is 5.76 Å². The van der Waals surface area contributed by atoms with E-state index in [-0.39, 0.29) is 5.60 Å². The molecule has 8 heteroatoms. The van der Waals surface area contributed by atoms with E-state index in [0.717, 1.165) is 24.5 Å². The average Bonchev–Trinajstić information content (AvgIpc) is 2.56. The van der Waals surface area contributed by atoms with Crippen LogP contribution in [-0.2, 0) is 21.5 Å². The van der Waals surface area contributed by atoms with Crippen LogP contribution < -0.4 is 5.32 Å². The second-order valence-electron chi connectivity index (χ2n) is 5.71. The first-order chi connectivity index (χ1) is 9.04. The van der Waals surface area contributed by atoms with E-state index in [4.69, 9.17) is 13.8 Å². The molecule has 0 amide bonds. The largest absolute Gasteiger partial charge is 0.368 e. The van der Waals surface area contributed by atoms with Gasteiger partial charge in [-0.3, -0.25) is 4.55 Å². The van der Waals surface area contributed by atoms with Gasteiger partial charge in [-0.2, -0.15) is 8.42 Å². The second-order valence-corrected chi connectivity index (χ2v) is 7.17. The van der Waals surface area contributed by atoms with Crippen molar-refractivity contribution in [3.8, 4) is 0 Å². The average molecular weight is 306 g/mol. The highest BCUT2D eigenvalue weighted by Gasteiger charge is 2.23. The summed E-state index contributed by atoms with van der Waals surface area (Å²) < 4.78 is 36.7. The van der Waals surface area contributed by atoms with Crippen molar-refractivity contribution in [2.45, 2.75) is 38.9 Å². The predicted octanol–water partition coefficient (Wildman–Crippen LogP) is 1.18. The summed E-state index contributed by atoms with van der Waals surface area (Å²) in [4.78, 5) is 0. The first kappa shape index (κ1) is 17.1. The van der Waals surface area contributed by atoms with Gasteiger partial charge in [-0.05, 0) is 20.8 Å². The van der Waals surface area contributed by atoms with Crippen LogP contribution in [0.2, 0.25) is 0 Å². The van der Waals surface area contributed by atoms with Crippen molar-refractivity contribution < 1.29 is 22.2 Å². The summed E-state index contributed by atoms with van der Waals surface area (Å²) in [5, 5.41) is 7.26. The van der Waals surface area contributed by atoms with Crippen molar-refractivity contribution in [3.05, 3.63) is 17.5 Å². The summed E-state index contributed by atoms with van der Waals surface area (Å²) in [5.41, 5.74) is 0.909. The maximum atomic E-state index is 9.19. The fourth-order valence-electron chi connectivity index (χ4n) is 1.37. The molecule has 0 atom stereocenters. The monoisotopic (exact) mass is 306 g/mol. The minimum Gasteiger partial charge on any atom is -0.368 e. The summed E-state index contributed by atoms with van der Waals surface area (Å²) in [6.45, 7) is 8.59. The molecule has 7 nitrogen and oxygen atoms in total. The Labute approximate surface area is 119 Å². The molecular formula is C12H22N2O5S. The molecule has 1 aromatic rings. The Morgan fingerprint density at radius 3 is 2.45 bits per heavy atom. The Bertz CT molecular complexity index is 506. The van der Waals surface area contributed by atoms with Crippen molar-refractivity contribution in [1.82, 2.24) is 10.5 Å². The molecule has 1 aromatic heterocycles. The summed E-state index contributed by atoms with van der Waals surface area (Å²) in [6.07, 6.45) is 0.715. The summed E-state index contributed by atoms with van der Waals surface area (Å²) in [7, 11) is -3.67. The molecule has 2 N–H and O–H groups in total. The molecule has 1 saturated heterocycles. The van der Waals surface area contributed by atoms with Crippen LogP contribution >= 0.6 is 0 Å². The zero-order valence-electron chi connectivity index (χ0n) is 12.2. The lowest BCUT2D eigenvalue weighted by Gasteiger charge is -2.24. The highest BCUT2D eigenvalue weighted by atomic mass is 32.2. The van der Waals surface area contributed by atoms with Gasteiger partial charge in [0.05, 0.1) is 17.6 Å². The molecular weight excluding hydrogens is 284 g/mol. The van der Waals surface area contributed by atoms with Gasteiger partial charge < -0.3 is 14.6 Å². The van der Waals surface area contributed by atoms with Crippen LogP contribution in [0.1, 0.15) is 38.1 Å². The van der Waals surface area contributed by atoms with Crippen LogP contribution in [0.5, 0.6) is 0 Å². The van der Waals surface area contributed by atoms with Gasteiger partial charge in [-0.15, -0.1) is 0 Å². The summed E-state index contributed by atoms with van der Waals surface area (Å²) in [6, 6.07) is 2.00. The Balaban J connectivity index is 0.000000347. The normalized spacial score (nSPS) is 16.2. The summed E-state index contributed by atoms with van der Waals surface area (Å²) in [5.74, 6) is 1.34. The Morgan fingerprint density at radius 2 is 2.05 bits per heavy atom. The van der Waals surface area contributed by atoms with Crippen LogP contribution in [0.15, 0.2) is 10.6 Å². The maximum Gasteiger partial charge on any atom is 0.261 e. The van der Waals surface area contributed by atoms with Gasteiger partial charge in [0.1, 0.15) is 6.61 Å². The predicted molar refractivity (Wildman–Crippen MR) is 74.1 cm³/mol. The van der Waals surface area contributed by atoms with Gasteiger partial charge in [0.25, 0.3) is 10.1 Å². The number of rotatable bonds is 3. The van der Waals surface area contributed by atoms with Crippen LogP contribution in [0.3, 0.4) is 0 Å². The quantitative estimate of drug-likeness (QED) is 0.808. The minimum atomic E-state index is -3.67. The molecule has 116 valence electrons. The smallest absolute Gasteiger partial charge is 0.261 e. The molecule has 1 aliphatic rings. The third kappa shape index (κ3) is 7.59. The fraction of sp³-hybridized carbons (Fsp3) is 0.750. The van der Waals surface area contributed by atoms with E-state index in [1.165, 1.54) is 0 Å². The maximum absolute atomic E-state index is 9.19. The Hall–Kier alpha value is -0.960. The van der Waals surface area contributed by atoms with Crippen molar-refractivity contribution in [1.29, 1.82) is 0 Å². The Morgan fingerprint density at radius 1 is 1.50 bits per heavy atom. The standard InChI is InChI=1S/C11H18N2O2.CH4O3S/c1-11(2,3)14-7-9-4-10(13-15-9)8-5-12-6-8;1-5(2,3)4/h4,8,12H,5-7H2,1-3H3;1H3,(H,2,3,4). The molecule has 2 heterocycles. The lowest BCUT2D eigenvalue weighted by molar-refractivity contribution is -0.0241. The molecule has 0 aromatic carbocycles. The molecule has 2 rings (SSSR count). The van der Waals surface area contributed by atoms with Gasteiger partial charge >= 0.3 is 0 Å². The topological polar surface area (TPSA) is 102 Å². The lowest BCUT2D eigenvalue weighted by Crippen LogP contribution is -2.40. The van der Waals surface area contributed by atoms with E-state index < -0.39 is 10.1 Å². The summed E-state index contributed by atoms with van der Waals surface area (Å²) >= 11 is 0. The van der Waals surface area contributed by atoms with Gasteiger partial charge in [-0.1, -0.05) is 5.16 Å². The number of hydrogen-bond acceptors (Lipinski definition) is 6. The minimum absolute atomic E-state index is 0.134. The van der Waals surface area contributed by atoms with E-state index in [9.17, 15) is 8.42 Å². The zero-order valence-corrected chi connectivity index (χ0v) is 13.0. The van der Waals surface area contributed by atoms with Crippen LogP contribution in [0.4, 0.5) is 0 Å². The molecule has 1 fully saturated rings. The van der Waals surface area contributed by atoms with Crippen LogP contribution in [0.25, 0.3) is 0 Å². The molecule has 0 radical (unpaired) electrons. The second kappa shape index (κ2) is 6.66. The number of nitrogens with zero attached hydrogens (tertiary/aromatic N) is 1. The highest BCUT2D eigenvalue weighted by Crippen LogP contribution is 2.20. The fourth-order valence-corrected chi connectivity index (χ4v) is 1.37. The number of hydrogen-bond donors (Lipinski definition) is 2. The van der Waals surface area contributed by atoms with Gasteiger partial charge in [0, 0.05) is 25.1 Å². The van der Waals surface area contributed by atoms with E-state index in [1.807, 2.05) is 26.8 Å². The number of ether oxygens (including phenoxy) is 1. The van der Waals surface area contributed by atoms with Gasteiger partial charge in [0.2, 0.25) is 0 Å². The molecule has 1 aliphatic heterocycles. The molecule has 0 unspecified atom stereocenters. The lowest BCUT2D eigenvalue weighted by atomic mass is 9.99. The third-order valence-corrected chi connectivity index (χ3v) is 2.42. The van der Waals surface area contributed by atoms with Crippen molar-refractivity contribution in [3.63, 3.8) is 0 Å². The SMILES string of the molecule is CC(C)(C)OCc1cc(C2CNC2)no1.CS(=O)(=O)O. The van der Waals surface area contributed by atoms with E-state index in [0.29, 0.717) is 18.8 Å². The molecule has 0 aliphatic carbocycles. The first-order valence-electron chi connectivity index (χ1n) is 6.27. The zero-order chi connectivity index (χ0) is 15.4. The molecule has 0 bridgehead atoms. The van der Waals surface area contributed by atoms with E-state index >= 15 is 0 Å². The first-order valence-corrected chi connectivity index (χ1v) is 8.12. The van der Waals surface area contributed by atoms with Crippen molar-refractivity contribution >= 4 is 10.1 Å². The number of aromatic nitrogens is 1. The van der Waals surface area contributed by atoms with E-state index in [1.54, 1.807) is 0 Å². The highest BCUT2D eigenvalue weighted by molar-refractivity contribution is 7.85. The molecule has 0 spiro atoms. The van der Waals surface area contributed by atoms with E-state index in [2.05, 4.69) is 10.5 Å². The van der Waals surface area contributed by atoms with Crippen LogP contribution in [-0.4, -0.2) is 43.1 Å². The molecule has 0 saturated carbocycles. The van der Waals surface area contributed by atoms with Crippen molar-refractivity contribution in [2.75, 3.05) is 19.3 Å².